The van der Waals surface area contributed by atoms with Crippen LogP contribution in [0.1, 0.15) is 19.8 Å². The van der Waals surface area contributed by atoms with Crippen LogP contribution >= 0.6 is 0 Å². The van der Waals surface area contributed by atoms with Crippen LogP contribution in [0.3, 0.4) is 0 Å². The molecule has 2 heterocycles. The first-order valence-corrected chi connectivity index (χ1v) is 8.33. The normalized spacial score (nSPS) is 24.5. The summed E-state index contributed by atoms with van der Waals surface area (Å²) >= 11 is 0. The fraction of sp³-hybridized carbons (Fsp3) is 0.429. The van der Waals surface area contributed by atoms with E-state index in [0.29, 0.717) is 30.5 Å². The number of piperidine rings is 1. The van der Waals surface area contributed by atoms with Crippen molar-refractivity contribution in [3.63, 3.8) is 0 Å². The van der Waals surface area contributed by atoms with Crippen LogP contribution in [0.4, 0.5) is 5.69 Å². The standard InChI is InChI=1S/C14H19N3O3S/c1-14(18)5-2-6-17(9-14)21(19,20)13-8-16-12-4-3-10(15)7-11(12)13/h3-4,7-8,16,18H,2,5-6,9,15H2,1H3. The Kier molecular flexibility index (Phi) is 3.23. The highest BCUT2D eigenvalue weighted by molar-refractivity contribution is 7.89. The molecule has 114 valence electrons. The Balaban J connectivity index is 2.06. The number of β-amino-alcohol motifs (C(OH)–C–C–N with tert-alkyl or cyclic N) is 1. The van der Waals surface area contributed by atoms with Crippen molar-refractivity contribution in [1.82, 2.24) is 9.29 Å². The molecule has 6 nitrogen and oxygen atoms in total. The van der Waals surface area contributed by atoms with Gasteiger partial charge >= 0.3 is 0 Å². The zero-order valence-electron chi connectivity index (χ0n) is 11.8. The molecule has 1 saturated heterocycles. The summed E-state index contributed by atoms with van der Waals surface area (Å²) in [7, 11) is -3.65. The summed E-state index contributed by atoms with van der Waals surface area (Å²) in [5.41, 5.74) is 6.02. The van der Waals surface area contributed by atoms with Crippen LogP contribution in [0.5, 0.6) is 0 Å². The summed E-state index contributed by atoms with van der Waals surface area (Å²) in [5, 5.41) is 10.7. The minimum absolute atomic E-state index is 0.115. The lowest BCUT2D eigenvalue weighted by Gasteiger charge is -2.35. The van der Waals surface area contributed by atoms with Gasteiger partial charge in [0.2, 0.25) is 10.0 Å². The van der Waals surface area contributed by atoms with Gasteiger partial charge in [0.15, 0.2) is 0 Å². The lowest BCUT2D eigenvalue weighted by Crippen LogP contribution is -2.48. The van der Waals surface area contributed by atoms with Gasteiger partial charge in [0, 0.05) is 35.9 Å². The SMILES string of the molecule is CC1(O)CCCN(S(=O)(=O)c2c[nH]c3ccc(N)cc23)C1. The number of nitrogens with zero attached hydrogens (tertiary/aromatic N) is 1. The van der Waals surface area contributed by atoms with Crippen LogP contribution < -0.4 is 5.73 Å². The van der Waals surface area contributed by atoms with Gasteiger partial charge in [-0.05, 0) is 38.0 Å². The van der Waals surface area contributed by atoms with E-state index < -0.39 is 15.6 Å². The highest BCUT2D eigenvalue weighted by Gasteiger charge is 2.36. The number of sulfonamides is 1. The largest absolute Gasteiger partial charge is 0.399 e. The molecule has 0 saturated carbocycles. The average Bonchev–Trinajstić information content (AvgIpc) is 2.81. The Morgan fingerprint density at radius 2 is 2.19 bits per heavy atom. The third-order valence-electron chi connectivity index (χ3n) is 3.93. The van der Waals surface area contributed by atoms with E-state index >= 15 is 0 Å². The minimum Gasteiger partial charge on any atom is -0.399 e. The second kappa shape index (κ2) is 4.72. The first-order valence-electron chi connectivity index (χ1n) is 6.89. The molecule has 1 aromatic carbocycles. The summed E-state index contributed by atoms with van der Waals surface area (Å²) in [6.45, 7) is 2.21. The predicted octanol–water partition coefficient (Wildman–Crippen LogP) is 1.29. The quantitative estimate of drug-likeness (QED) is 0.728. The highest BCUT2D eigenvalue weighted by Crippen LogP contribution is 2.30. The van der Waals surface area contributed by atoms with Crippen LogP contribution in [-0.4, -0.2) is 41.5 Å². The molecule has 0 spiro atoms. The number of hydrogen-bond acceptors (Lipinski definition) is 4. The first kappa shape index (κ1) is 14.4. The number of benzene rings is 1. The summed E-state index contributed by atoms with van der Waals surface area (Å²) in [6.07, 6.45) is 2.75. The molecule has 21 heavy (non-hydrogen) atoms. The van der Waals surface area contributed by atoms with Crippen LogP contribution in [-0.2, 0) is 10.0 Å². The van der Waals surface area contributed by atoms with Crippen LogP contribution in [0.2, 0.25) is 0 Å². The number of nitrogen functional groups attached to an aromatic ring is 1. The molecule has 0 aliphatic carbocycles. The van der Waals surface area contributed by atoms with E-state index in [-0.39, 0.29) is 11.4 Å². The van der Waals surface area contributed by atoms with Crippen molar-refractivity contribution in [2.45, 2.75) is 30.3 Å². The van der Waals surface area contributed by atoms with Gasteiger partial charge in [-0.25, -0.2) is 8.42 Å². The van der Waals surface area contributed by atoms with E-state index in [1.807, 2.05) is 0 Å². The Labute approximate surface area is 123 Å². The van der Waals surface area contributed by atoms with E-state index in [2.05, 4.69) is 4.98 Å². The molecule has 1 fully saturated rings. The second-order valence-corrected chi connectivity index (χ2v) is 7.80. The van der Waals surface area contributed by atoms with Crippen molar-refractivity contribution in [3.8, 4) is 0 Å². The smallest absolute Gasteiger partial charge is 0.245 e. The van der Waals surface area contributed by atoms with Crippen molar-refractivity contribution in [2.75, 3.05) is 18.8 Å². The summed E-state index contributed by atoms with van der Waals surface area (Å²) in [4.78, 5) is 3.17. The number of nitrogens with two attached hydrogens (primary N) is 1. The summed E-state index contributed by atoms with van der Waals surface area (Å²) in [5.74, 6) is 0. The van der Waals surface area contributed by atoms with Crippen molar-refractivity contribution in [2.24, 2.45) is 0 Å². The zero-order chi connectivity index (χ0) is 15.3. The van der Waals surface area contributed by atoms with Gasteiger partial charge in [0.25, 0.3) is 0 Å². The lowest BCUT2D eigenvalue weighted by atomic mass is 9.97. The molecule has 1 aromatic heterocycles. The Hall–Kier alpha value is -1.57. The lowest BCUT2D eigenvalue weighted by molar-refractivity contribution is 0.00942. The number of H-pyrrole nitrogens is 1. The maximum atomic E-state index is 12.8. The molecule has 1 aliphatic rings. The van der Waals surface area contributed by atoms with Crippen molar-refractivity contribution in [1.29, 1.82) is 0 Å². The number of aromatic nitrogens is 1. The van der Waals surface area contributed by atoms with Gasteiger partial charge < -0.3 is 15.8 Å². The Bertz CT molecular complexity index is 780. The molecule has 4 N–H and O–H groups in total. The number of anilines is 1. The fourth-order valence-corrected chi connectivity index (χ4v) is 4.59. The molecule has 0 bridgehead atoms. The molecular formula is C14H19N3O3S. The third-order valence-corrected chi connectivity index (χ3v) is 5.81. The van der Waals surface area contributed by atoms with E-state index in [9.17, 15) is 13.5 Å². The molecule has 0 amide bonds. The summed E-state index contributed by atoms with van der Waals surface area (Å²) < 4.78 is 27.0. The summed E-state index contributed by atoms with van der Waals surface area (Å²) in [6, 6.07) is 5.14. The van der Waals surface area contributed by atoms with E-state index in [0.717, 1.165) is 5.52 Å². The molecule has 0 radical (unpaired) electrons. The zero-order valence-corrected chi connectivity index (χ0v) is 12.7. The van der Waals surface area contributed by atoms with Gasteiger partial charge in [-0.1, -0.05) is 0 Å². The van der Waals surface area contributed by atoms with Crippen LogP contribution in [0, 0.1) is 0 Å². The van der Waals surface area contributed by atoms with Crippen LogP contribution in [0.15, 0.2) is 29.3 Å². The number of hydrogen-bond donors (Lipinski definition) is 3. The monoisotopic (exact) mass is 309 g/mol. The van der Waals surface area contributed by atoms with E-state index in [1.54, 1.807) is 25.1 Å². The minimum atomic E-state index is -3.65. The number of rotatable bonds is 2. The van der Waals surface area contributed by atoms with Crippen LogP contribution in [0.25, 0.3) is 10.9 Å². The van der Waals surface area contributed by atoms with Gasteiger partial charge in [-0.3, -0.25) is 0 Å². The molecule has 1 atom stereocenters. The molecule has 7 heteroatoms. The van der Waals surface area contributed by atoms with Crippen molar-refractivity contribution >= 4 is 26.6 Å². The number of aromatic amines is 1. The first-order chi connectivity index (χ1) is 9.79. The Morgan fingerprint density at radius 1 is 1.43 bits per heavy atom. The molecule has 3 rings (SSSR count). The highest BCUT2D eigenvalue weighted by atomic mass is 32.2. The molecule has 2 aromatic rings. The average molecular weight is 309 g/mol. The van der Waals surface area contributed by atoms with E-state index in [4.69, 9.17) is 5.73 Å². The van der Waals surface area contributed by atoms with Gasteiger partial charge in [-0.15, -0.1) is 0 Å². The van der Waals surface area contributed by atoms with Gasteiger partial charge in [-0.2, -0.15) is 4.31 Å². The van der Waals surface area contributed by atoms with Gasteiger partial charge in [0.05, 0.1) is 5.60 Å². The molecule has 1 aliphatic heterocycles. The number of nitrogens with one attached hydrogen (secondary N) is 1. The maximum absolute atomic E-state index is 12.8. The number of aliphatic hydroxyl groups is 1. The third kappa shape index (κ3) is 2.52. The fourth-order valence-electron chi connectivity index (χ4n) is 2.84. The second-order valence-electron chi connectivity index (χ2n) is 5.90. The molecule has 1 unspecified atom stereocenters. The number of fused-ring (bicyclic) bond motifs is 1. The van der Waals surface area contributed by atoms with Crippen molar-refractivity contribution in [3.05, 3.63) is 24.4 Å². The van der Waals surface area contributed by atoms with E-state index in [1.165, 1.54) is 10.5 Å². The maximum Gasteiger partial charge on any atom is 0.245 e. The van der Waals surface area contributed by atoms with Crippen molar-refractivity contribution < 1.29 is 13.5 Å². The Morgan fingerprint density at radius 3 is 2.90 bits per heavy atom. The van der Waals surface area contributed by atoms with Gasteiger partial charge in [0.1, 0.15) is 4.90 Å². The topological polar surface area (TPSA) is 99.4 Å². The predicted molar refractivity (Wildman–Crippen MR) is 81.3 cm³/mol. The molecular weight excluding hydrogens is 290 g/mol.